The summed E-state index contributed by atoms with van der Waals surface area (Å²) in [5.74, 6) is 0.420. The number of nitrogens with two attached hydrogens (primary N) is 1. The lowest BCUT2D eigenvalue weighted by Gasteiger charge is -2.15. The number of hydrogen-bond donors (Lipinski definition) is 1. The Bertz CT molecular complexity index is 800. The second-order valence-electron chi connectivity index (χ2n) is 6.77. The monoisotopic (exact) mass is 349 g/mol. The predicted octanol–water partition coefficient (Wildman–Crippen LogP) is 3.66. The van der Waals surface area contributed by atoms with Crippen molar-refractivity contribution in [1.82, 2.24) is 9.88 Å². The Hall–Kier alpha value is -2.01. The lowest BCUT2D eigenvalue weighted by Crippen LogP contribution is -2.28. The first-order chi connectivity index (χ1) is 12.3. The Kier molecular flexibility index (Phi) is 4.92. The highest BCUT2D eigenvalue weighted by Gasteiger charge is 2.31. The minimum Gasteiger partial charge on any atom is -0.326 e. The fraction of sp³-hybridized carbons (Fsp3) is 0.286. The maximum absolute atomic E-state index is 6.40. The molecule has 0 radical (unpaired) electrons. The molecular formula is C21H23N3S. The highest BCUT2D eigenvalue weighted by atomic mass is 32.1. The highest BCUT2D eigenvalue weighted by molar-refractivity contribution is 7.09. The van der Waals surface area contributed by atoms with Crippen LogP contribution in [0.2, 0.25) is 0 Å². The molecule has 3 nitrogen and oxygen atoms in total. The van der Waals surface area contributed by atoms with E-state index in [1.54, 1.807) is 11.3 Å². The number of aromatic nitrogens is 1. The van der Waals surface area contributed by atoms with Crippen LogP contribution in [0.25, 0.3) is 0 Å². The summed E-state index contributed by atoms with van der Waals surface area (Å²) in [5.41, 5.74) is 10.2. The van der Waals surface area contributed by atoms with E-state index in [4.69, 9.17) is 10.7 Å². The summed E-state index contributed by atoms with van der Waals surface area (Å²) in [6.07, 6.45) is 0.914. The molecule has 1 saturated heterocycles. The van der Waals surface area contributed by atoms with Crippen molar-refractivity contribution in [2.75, 3.05) is 13.1 Å². The van der Waals surface area contributed by atoms with E-state index >= 15 is 0 Å². The number of rotatable bonds is 5. The van der Waals surface area contributed by atoms with Gasteiger partial charge in [-0.25, -0.2) is 4.98 Å². The molecule has 4 heteroatoms. The molecule has 1 fully saturated rings. The molecular weight excluding hydrogens is 326 g/mol. The topological polar surface area (TPSA) is 42.1 Å². The van der Waals surface area contributed by atoms with Gasteiger partial charge in [-0.1, -0.05) is 60.7 Å². The third-order valence-electron chi connectivity index (χ3n) is 4.85. The smallest absolute Gasteiger partial charge is 0.0972 e. The van der Waals surface area contributed by atoms with Gasteiger partial charge in [0.1, 0.15) is 0 Å². The van der Waals surface area contributed by atoms with Crippen molar-refractivity contribution in [2.24, 2.45) is 5.73 Å². The van der Waals surface area contributed by atoms with Gasteiger partial charge in [-0.2, -0.15) is 0 Å². The van der Waals surface area contributed by atoms with Crippen LogP contribution in [-0.4, -0.2) is 29.0 Å². The summed E-state index contributed by atoms with van der Waals surface area (Å²) >= 11 is 1.76. The first kappa shape index (κ1) is 16.5. The Balaban J connectivity index is 1.38. The molecule has 0 unspecified atom stereocenters. The van der Waals surface area contributed by atoms with Crippen molar-refractivity contribution in [3.63, 3.8) is 0 Å². The summed E-state index contributed by atoms with van der Waals surface area (Å²) in [6, 6.07) is 21.4. The number of likely N-dealkylation sites (tertiary alicyclic amines) is 1. The van der Waals surface area contributed by atoms with Crippen molar-refractivity contribution >= 4 is 11.3 Å². The normalized spacial score (nSPS) is 20.8. The van der Waals surface area contributed by atoms with Gasteiger partial charge in [0.25, 0.3) is 0 Å². The number of nitrogens with zero attached hydrogens (tertiary/aromatic N) is 2. The molecule has 0 saturated carbocycles. The predicted molar refractivity (Wildman–Crippen MR) is 104 cm³/mol. The van der Waals surface area contributed by atoms with Crippen LogP contribution in [0.15, 0.2) is 66.0 Å². The minimum absolute atomic E-state index is 0.199. The zero-order valence-electron chi connectivity index (χ0n) is 14.2. The molecule has 2 atom stereocenters. The lowest BCUT2D eigenvalue weighted by molar-refractivity contribution is 0.320. The molecule has 0 spiro atoms. The summed E-state index contributed by atoms with van der Waals surface area (Å²) in [4.78, 5) is 7.26. The first-order valence-electron chi connectivity index (χ1n) is 8.78. The zero-order chi connectivity index (χ0) is 17.1. The van der Waals surface area contributed by atoms with Gasteiger partial charge in [-0.3, -0.25) is 4.90 Å². The second kappa shape index (κ2) is 7.48. The first-order valence-corrected chi connectivity index (χ1v) is 9.66. The van der Waals surface area contributed by atoms with Gasteiger partial charge in [-0.05, 0) is 11.1 Å². The van der Waals surface area contributed by atoms with Crippen molar-refractivity contribution in [3.8, 4) is 0 Å². The van der Waals surface area contributed by atoms with Gasteiger partial charge in [0.05, 0.1) is 10.7 Å². The maximum atomic E-state index is 6.40. The van der Waals surface area contributed by atoms with E-state index in [0.717, 1.165) is 31.7 Å². The standard InChI is InChI=1S/C21H23N3S/c22-20-14-24(13-19(20)17-9-5-2-6-10-17)12-18-15-25-21(23-18)11-16-7-3-1-4-8-16/h1-10,15,19-20H,11-14,22H2/t19-,20+/m0/s1. The molecule has 0 bridgehead atoms. The fourth-order valence-electron chi connectivity index (χ4n) is 3.60. The second-order valence-corrected chi connectivity index (χ2v) is 7.71. The Morgan fingerprint density at radius 1 is 1.00 bits per heavy atom. The summed E-state index contributed by atoms with van der Waals surface area (Å²) in [5, 5.41) is 3.38. The molecule has 25 heavy (non-hydrogen) atoms. The van der Waals surface area contributed by atoms with Crippen molar-refractivity contribution in [1.29, 1.82) is 0 Å². The number of benzene rings is 2. The van der Waals surface area contributed by atoms with Gasteiger partial charge in [0, 0.05) is 43.4 Å². The van der Waals surface area contributed by atoms with Crippen molar-refractivity contribution in [3.05, 3.63) is 87.9 Å². The van der Waals surface area contributed by atoms with Crippen LogP contribution in [0, 0.1) is 0 Å². The molecule has 2 N–H and O–H groups in total. The van der Waals surface area contributed by atoms with E-state index in [1.165, 1.54) is 16.1 Å². The van der Waals surface area contributed by atoms with E-state index in [0.29, 0.717) is 5.92 Å². The largest absolute Gasteiger partial charge is 0.326 e. The molecule has 0 amide bonds. The van der Waals surface area contributed by atoms with Crippen LogP contribution in [0.4, 0.5) is 0 Å². The van der Waals surface area contributed by atoms with Crippen LogP contribution in [-0.2, 0) is 13.0 Å². The van der Waals surface area contributed by atoms with Crippen LogP contribution in [0.1, 0.15) is 27.7 Å². The van der Waals surface area contributed by atoms with Crippen LogP contribution < -0.4 is 5.73 Å². The van der Waals surface area contributed by atoms with E-state index in [-0.39, 0.29) is 6.04 Å². The molecule has 4 rings (SSSR count). The molecule has 1 aliphatic rings. The fourth-order valence-corrected chi connectivity index (χ4v) is 4.42. The molecule has 2 heterocycles. The highest BCUT2D eigenvalue weighted by Crippen LogP contribution is 2.27. The van der Waals surface area contributed by atoms with Crippen molar-refractivity contribution in [2.45, 2.75) is 24.9 Å². The van der Waals surface area contributed by atoms with Crippen LogP contribution in [0.3, 0.4) is 0 Å². The average molecular weight is 350 g/mol. The van der Waals surface area contributed by atoms with Gasteiger partial charge < -0.3 is 5.73 Å². The van der Waals surface area contributed by atoms with Crippen molar-refractivity contribution < 1.29 is 0 Å². The van der Waals surface area contributed by atoms with E-state index in [2.05, 4.69) is 70.9 Å². The quantitative estimate of drug-likeness (QED) is 0.764. The Morgan fingerprint density at radius 3 is 2.48 bits per heavy atom. The molecule has 1 aliphatic heterocycles. The number of hydrogen-bond acceptors (Lipinski definition) is 4. The van der Waals surface area contributed by atoms with E-state index < -0.39 is 0 Å². The van der Waals surface area contributed by atoms with Crippen LogP contribution >= 0.6 is 11.3 Å². The van der Waals surface area contributed by atoms with E-state index in [9.17, 15) is 0 Å². The third kappa shape index (κ3) is 3.98. The lowest BCUT2D eigenvalue weighted by atomic mass is 9.95. The molecule has 128 valence electrons. The summed E-state index contributed by atoms with van der Waals surface area (Å²) < 4.78 is 0. The molecule has 3 aromatic rings. The van der Waals surface area contributed by atoms with Gasteiger partial charge in [0.2, 0.25) is 0 Å². The summed E-state index contributed by atoms with van der Waals surface area (Å²) in [6.45, 7) is 2.84. The average Bonchev–Trinajstić information content (AvgIpc) is 3.23. The molecule has 1 aromatic heterocycles. The van der Waals surface area contributed by atoms with E-state index in [1.807, 2.05) is 0 Å². The third-order valence-corrected chi connectivity index (χ3v) is 5.75. The molecule has 0 aliphatic carbocycles. The maximum Gasteiger partial charge on any atom is 0.0972 e. The van der Waals surface area contributed by atoms with Gasteiger partial charge >= 0.3 is 0 Å². The number of thiazole rings is 1. The minimum atomic E-state index is 0.199. The zero-order valence-corrected chi connectivity index (χ0v) is 15.0. The van der Waals surface area contributed by atoms with Gasteiger partial charge in [-0.15, -0.1) is 11.3 Å². The Labute approximate surface area is 153 Å². The molecule has 2 aromatic carbocycles. The SMILES string of the molecule is N[C@@H]1CN(Cc2csc(Cc3ccccc3)n2)C[C@H]1c1ccccc1. The van der Waals surface area contributed by atoms with Crippen LogP contribution in [0.5, 0.6) is 0 Å². The van der Waals surface area contributed by atoms with Gasteiger partial charge in [0.15, 0.2) is 0 Å². The Morgan fingerprint density at radius 2 is 1.72 bits per heavy atom. The summed E-state index contributed by atoms with van der Waals surface area (Å²) in [7, 11) is 0.